The number of rotatable bonds is 0. The molecule has 1 N–H and O–H groups in total. The van der Waals surface area contributed by atoms with Crippen molar-refractivity contribution >= 4 is 24.2 Å². The minimum Gasteiger partial charge on any atom is -0.362 e. The van der Waals surface area contributed by atoms with Gasteiger partial charge in [-0.15, -0.1) is 0 Å². The van der Waals surface area contributed by atoms with E-state index in [1.165, 1.54) is 5.39 Å². The predicted octanol–water partition coefficient (Wildman–Crippen LogP) is 0.962. The molecule has 0 atom stereocenters. The van der Waals surface area contributed by atoms with Crippen LogP contribution in [0.1, 0.15) is 0 Å². The Bertz CT molecular complexity index is 351. The van der Waals surface area contributed by atoms with E-state index in [1.807, 2.05) is 30.5 Å². The Morgan fingerprint density at radius 3 is 2.90 bits per heavy atom. The molecule has 1 heterocycles. The maximum atomic E-state index is 5.67. The quantitative estimate of drug-likeness (QED) is 0.507. The molecule has 1 aromatic carbocycles. The van der Waals surface area contributed by atoms with Crippen molar-refractivity contribution in [2.45, 2.75) is 0 Å². The van der Waals surface area contributed by atoms with Gasteiger partial charge in [-0.05, 0) is 11.5 Å². The number of nitrogens with one attached hydrogen (secondary N) is 1. The van der Waals surface area contributed by atoms with Gasteiger partial charge in [-0.2, -0.15) is 0 Å². The third-order valence-electron chi connectivity index (χ3n) is 1.62. The summed E-state index contributed by atoms with van der Waals surface area (Å²) in [4.78, 5) is 3.06. The van der Waals surface area contributed by atoms with Crippen LogP contribution < -0.4 is 5.46 Å². The number of hydrogen-bond acceptors (Lipinski definition) is 0. The van der Waals surface area contributed by atoms with Gasteiger partial charge in [0.15, 0.2) is 0 Å². The Morgan fingerprint density at radius 2 is 2.10 bits per heavy atom. The minimum atomic E-state index is 0.808. The van der Waals surface area contributed by atoms with Crippen LogP contribution in [0, 0.1) is 0 Å². The fourth-order valence-corrected chi connectivity index (χ4v) is 1.11. The maximum Gasteiger partial charge on any atom is 0.116 e. The lowest BCUT2D eigenvalue weighted by molar-refractivity contribution is 1.49. The first-order valence-corrected chi connectivity index (χ1v) is 3.19. The number of H-pyrrole nitrogens is 1. The summed E-state index contributed by atoms with van der Waals surface area (Å²) in [7, 11) is 5.67. The molecule has 0 saturated heterocycles. The van der Waals surface area contributed by atoms with Gasteiger partial charge in [0.1, 0.15) is 7.85 Å². The van der Waals surface area contributed by atoms with Gasteiger partial charge in [0.2, 0.25) is 0 Å². The summed E-state index contributed by atoms with van der Waals surface area (Å²) >= 11 is 0. The van der Waals surface area contributed by atoms with Crippen LogP contribution in [0.25, 0.3) is 10.9 Å². The zero-order chi connectivity index (χ0) is 6.97. The first kappa shape index (κ1) is 5.60. The molecule has 10 heavy (non-hydrogen) atoms. The maximum absolute atomic E-state index is 5.67. The van der Waals surface area contributed by atoms with Crippen molar-refractivity contribution < 1.29 is 0 Å². The summed E-state index contributed by atoms with van der Waals surface area (Å²) in [5.41, 5.74) is 1.84. The van der Waals surface area contributed by atoms with Crippen molar-refractivity contribution in [3.05, 3.63) is 30.5 Å². The lowest BCUT2D eigenvalue weighted by Crippen LogP contribution is -2.01. The van der Waals surface area contributed by atoms with E-state index in [2.05, 4.69) is 4.98 Å². The minimum absolute atomic E-state index is 0.808. The predicted molar refractivity (Wildman–Crippen MR) is 43.7 cm³/mol. The Labute approximate surface area is 60.5 Å². The lowest BCUT2D eigenvalue weighted by atomic mass is 9.94. The van der Waals surface area contributed by atoms with E-state index in [-0.39, 0.29) is 0 Å². The van der Waals surface area contributed by atoms with Gasteiger partial charge < -0.3 is 4.98 Å². The summed E-state index contributed by atoms with van der Waals surface area (Å²) < 4.78 is 0. The number of fused-ring (bicyclic) bond motifs is 1. The van der Waals surface area contributed by atoms with Crippen molar-refractivity contribution in [1.82, 2.24) is 4.98 Å². The summed E-state index contributed by atoms with van der Waals surface area (Å²) in [6.07, 6.45) is 1.89. The highest BCUT2D eigenvalue weighted by Gasteiger charge is 1.93. The van der Waals surface area contributed by atoms with E-state index in [4.69, 9.17) is 7.85 Å². The standard InChI is InChI=1S/C8H6BN/c9-7-3-1-2-6-4-5-10-8(6)7/h1-5,10H. The van der Waals surface area contributed by atoms with Crippen molar-refractivity contribution in [2.24, 2.45) is 0 Å². The number of para-hydroxylation sites is 1. The second-order valence-corrected chi connectivity index (χ2v) is 2.29. The summed E-state index contributed by atoms with van der Waals surface area (Å²) in [5, 5.41) is 1.17. The summed E-state index contributed by atoms with van der Waals surface area (Å²) in [5.74, 6) is 0. The highest BCUT2D eigenvalue weighted by molar-refractivity contribution is 6.38. The average molecular weight is 127 g/mol. The molecular weight excluding hydrogens is 121 g/mol. The van der Waals surface area contributed by atoms with E-state index < -0.39 is 0 Å². The molecule has 1 aromatic heterocycles. The SMILES string of the molecule is [B]c1cccc2cc[nH]c12. The van der Waals surface area contributed by atoms with Crippen LogP contribution in [0.15, 0.2) is 30.5 Å². The second-order valence-electron chi connectivity index (χ2n) is 2.29. The number of aromatic amines is 1. The average Bonchev–Trinajstić information content (AvgIpc) is 2.36. The van der Waals surface area contributed by atoms with Crippen LogP contribution in [0.2, 0.25) is 0 Å². The van der Waals surface area contributed by atoms with Crippen LogP contribution in [-0.2, 0) is 0 Å². The highest BCUT2D eigenvalue weighted by Crippen LogP contribution is 2.06. The van der Waals surface area contributed by atoms with E-state index in [0.29, 0.717) is 0 Å². The molecule has 0 bridgehead atoms. The number of benzene rings is 1. The molecule has 2 aromatic rings. The van der Waals surface area contributed by atoms with Gasteiger partial charge >= 0.3 is 0 Å². The van der Waals surface area contributed by atoms with Gasteiger partial charge in [0.05, 0.1) is 0 Å². The molecule has 0 aliphatic heterocycles. The van der Waals surface area contributed by atoms with Crippen molar-refractivity contribution in [3.63, 3.8) is 0 Å². The Kier molecular flexibility index (Phi) is 1.07. The normalized spacial score (nSPS) is 10.4. The van der Waals surface area contributed by atoms with Crippen molar-refractivity contribution in [1.29, 1.82) is 0 Å². The van der Waals surface area contributed by atoms with Crippen LogP contribution >= 0.6 is 0 Å². The molecule has 1 nitrogen and oxygen atoms in total. The first-order valence-electron chi connectivity index (χ1n) is 3.19. The zero-order valence-electron chi connectivity index (χ0n) is 5.46. The van der Waals surface area contributed by atoms with Crippen LogP contribution in [-0.4, -0.2) is 12.8 Å². The van der Waals surface area contributed by atoms with Crippen LogP contribution in [0.3, 0.4) is 0 Å². The molecule has 46 valence electrons. The van der Waals surface area contributed by atoms with Gasteiger partial charge in [0.25, 0.3) is 0 Å². The second kappa shape index (κ2) is 1.91. The van der Waals surface area contributed by atoms with E-state index in [1.54, 1.807) is 0 Å². The fourth-order valence-electron chi connectivity index (χ4n) is 1.11. The fraction of sp³-hybridized carbons (Fsp3) is 0. The molecule has 0 amide bonds. The molecule has 0 aliphatic rings. The molecule has 0 fully saturated rings. The third kappa shape index (κ3) is 0.653. The highest BCUT2D eigenvalue weighted by atomic mass is 14.7. The Balaban J connectivity index is 2.95. The topological polar surface area (TPSA) is 15.8 Å². The third-order valence-corrected chi connectivity index (χ3v) is 1.62. The van der Waals surface area contributed by atoms with E-state index >= 15 is 0 Å². The summed E-state index contributed by atoms with van der Waals surface area (Å²) in [6.45, 7) is 0. The number of aromatic nitrogens is 1. The molecule has 0 spiro atoms. The van der Waals surface area contributed by atoms with E-state index in [0.717, 1.165) is 11.0 Å². The Morgan fingerprint density at radius 1 is 1.20 bits per heavy atom. The molecule has 0 saturated carbocycles. The lowest BCUT2D eigenvalue weighted by Gasteiger charge is -1.92. The largest absolute Gasteiger partial charge is 0.362 e. The first-order chi connectivity index (χ1) is 4.88. The molecule has 0 unspecified atom stereocenters. The molecule has 2 heteroatoms. The van der Waals surface area contributed by atoms with Gasteiger partial charge in [-0.1, -0.05) is 23.7 Å². The molecular formula is C8H6BN. The van der Waals surface area contributed by atoms with Crippen molar-refractivity contribution in [2.75, 3.05) is 0 Å². The van der Waals surface area contributed by atoms with Gasteiger partial charge in [-0.25, -0.2) is 0 Å². The molecule has 0 aliphatic carbocycles. The molecule has 2 radical (unpaired) electrons. The summed E-state index contributed by atoms with van der Waals surface area (Å²) in [6, 6.07) is 7.87. The smallest absolute Gasteiger partial charge is 0.116 e. The van der Waals surface area contributed by atoms with E-state index in [9.17, 15) is 0 Å². The monoisotopic (exact) mass is 127 g/mol. The zero-order valence-corrected chi connectivity index (χ0v) is 5.46. The number of hydrogen-bond donors (Lipinski definition) is 1. The van der Waals surface area contributed by atoms with Crippen LogP contribution in [0.4, 0.5) is 0 Å². The Hall–Kier alpha value is -1.18. The van der Waals surface area contributed by atoms with Crippen molar-refractivity contribution in [3.8, 4) is 0 Å². The van der Waals surface area contributed by atoms with Crippen LogP contribution in [0.5, 0.6) is 0 Å². The van der Waals surface area contributed by atoms with Gasteiger partial charge in [-0.3, -0.25) is 0 Å². The molecule has 2 rings (SSSR count). The van der Waals surface area contributed by atoms with Gasteiger partial charge in [0, 0.05) is 11.7 Å².